The summed E-state index contributed by atoms with van der Waals surface area (Å²) in [4.78, 5) is 0. The van der Waals surface area contributed by atoms with E-state index < -0.39 is 0 Å². The third-order valence-corrected chi connectivity index (χ3v) is 2.49. The molecule has 0 bridgehead atoms. The zero-order valence-corrected chi connectivity index (χ0v) is 10.8. The molecular weight excluding hydrogens is 226 g/mol. The Balaban J connectivity index is 1.90. The zero-order valence-electron chi connectivity index (χ0n) is 10.8. The maximum absolute atomic E-state index is 5.69. The van der Waals surface area contributed by atoms with Crippen LogP contribution in [0.15, 0.2) is 47.3 Å². The van der Waals surface area contributed by atoms with Gasteiger partial charge >= 0.3 is 0 Å². The molecule has 0 amide bonds. The summed E-state index contributed by atoms with van der Waals surface area (Å²) in [7, 11) is 0. The van der Waals surface area contributed by atoms with Gasteiger partial charge in [-0.3, -0.25) is 0 Å². The number of ether oxygens (including phenoxy) is 1. The molecule has 2 aromatic rings. The molecule has 1 heterocycles. The van der Waals surface area contributed by atoms with Crippen LogP contribution in [0.25, 0.3) is 0 Å². The van der Waals surface area contributed by atoms with Crippen LogP contribution in [0.3, 0.4) is 0 Å². The van der Waals surface area contributed by atoms with Gasteiger partial charge in [-0.2, -0.15) is 0 Å². The van der Waals surface area contributed by atoms with Gasteiger partial charge in [0.1, 0.15) is 5.75 Å². The van der Waals surface area contributed by atoms with Crippen LogP contribution in [0.1, 0.15) is 19.4 Å². The molecule has 0 radical (unpaired) electrons. The molecule has 1 aromatic heterocycles. The topological polar surface area (TPSA) is 34.4 Å². The molecule has 0 fully saturated rings. The van der Waals surface area contributed by atoms with E-state index in [0.29, 0.717) is 5.92 Å². The minimum absolute atomic E-state index is 0.535. The summed E-state index contributed by atoms with van der Waals surface area (Å²) in [6.07, 6.45) is 3.42. The van der Waals surface area contributed by atoms with Crippen LogP contribution in [-0.2, 0) is 6.54 Å². The van der Waals surface area contributed by atoms with Crippen molar-refractivity contribution in [3.63, 3.8) is 0 Å². The second-order valence-corrected chi connectivity index (χ2v) is 4.72. The first-order chi connectivity index (χ1) is 8.74. The Bertz CT molecular complexity index is 463. The van der Waals surface area contributed by atoms with E-state index in [2.05, 4.69) is 19.2 Å². The van der Waals surface area contributed by atoms with Gasteiger partial charge in [0.2, 0.25) is 0 Å². The molecule has 1 N–H and O–H groups in total. The second kappa shape index (κ2) is 6.15. The van der Waals surface area contributed by atoms with E-state index >= 15 is 0 Å². The first-order valence-electron chi connectivity index (χ1n) is 6.22. The summed E-state index contributed by atoms with van der Waals surface area (Å²) in [5.41, 5.74) is 2.18. The van der Waals surface area contributed by atoms with Crippen molar-refractivity contribution < 1.29 is 9.15 Å². The molecule has 0 atom stereocenters. The van der Waals surface area contributed by atoms with Crippen molar-refractivity contribution in [3.05, 3.63) is 48.4 Å². The van der Waals surface area contributed by atoms with Gasteiger partial charge in [-0.15, -0.1) is 0 Å². The first kappa shape index (κ1) is 12.6. The van der Waals surface area contributed by atoms with Gasteiger partial charge in [-0.05, 0) is 24.1 Å². The van der Waals surface area contributed by atoms with Crippen molar-refractivity contribution in [2.45, 2.75) is 20.4 Å². The quantitative estimate of drug-likeness (QED) is 0.837. The van der Waals surface area contributed by atoms with Crippen LogP contribution in [0.4, 0.5) is 5.69 Å². The average Bonchev–Trinajstić information content (AvgIpc) is 2.87. The molecule has 0 aliphatic rings. The lowest BCUT2D eigenvalue weighted by molar-refractivity contribution is 0.271. The fourth-order valence-electron chi connectivity index (χ4n) is 1.56. The predicted octanol–water partition coefficient (Wildman–Crippen LogP) is 3.93. The smallest absolute Gasteiger partial charge is 0.121 e. The lowest BCUT2D eigenvalue weighted by Gasteiger charge is -2.10. The monoisotopic (exact) mass is 245 g/mol. The average molecular weight is 245 g/mol. The minimum atomic E-state index is 0.535. The highest BCUT2D eigenvalue weighted by Gasteiger charge is 1.99. The molecule has 0 aliphatic carbocycles. The Labute approximate surface area is 108 Å². The van der Waals surface area contributed by atoms with E-state index in [1.165, 1.54) is 0 Å². The van der Waals surface area contributed by atoms with E-state index in [1.807, 2.05) is 30.3 Å². The Morgan fingerprint density at radius 2 is 2.17 bits per heavy atom. The number of rotatable bonds is 6. The molecule has 0 aliphatic heterocycles. The van der Waals surface area contributed by atoms with Crippen LogP contribution < -0.4 is 10.1 Å². The van der Waals surface area contributed by atoms with Crippen molar-refractivity contribution >= 4 is 5.69 Å². The Morgan fingerprint density at radius 3 is 2.89 bits per heavy atom. The van der Waals surface area contributed by atoms with Gasteiger partial charge in [0.05, 0.1) is 19.1 Å². The molecule has 18 heavy (non-hydrogen) atoms. The normalized spacial score (nSPS) is 10.6. The van der Waals surface area contributed by atoms with Gasteiger partial charge in [0.15, 0.2) is 0 Å². The highest BCUT2D eigenvalue weighted by Crippen LogP contribution is 2.18. The summed E-state index contributed by atoms with van der Waals surface area (Å²) in [5.74, 6) is 1.44. The maximum atomic E-state index is 5.69. The zero-order chi connectivity index (χ0) is 12.8. The van der Waals surface area contributed by atoms with Gasteiger partial charge in [0.25, 0.3) is 0 Å². The minimum Gasteiger partial charge on any atom is -0.493 e. The number of furan rings is 1. The molecule has 3 nitrogen and oxygen atoms in total. The number of hydrogen-bond donors (Lipinski definition) is 1. The van der Waals surface area contributed by atoms with Crippen LogP contribution in [0, 0.1) is 5.92 Å². The first-order valence-corrected chi connectivity index (χ1v) is 6.22. The van der Waals surface area contributed by atoms with Gasteiger partial charge in [-0.1, -0.05) is 19.9 Å². The Kier molecular flexibility index (Phi) is 4.29. The summed E-state index contributed by atoms with van der Waals surface area (Å²) in [5, 5.41) is 3.34. The van der Waals surface area contributed by atoms with Crippen molar-refractivity contribution in [1.29, 1.82) is 0 Å². The SMILES string of the molecule is CC(C)COc1cccc(NCc2ccoc2)c1. The molecule has 3 heteroatoms. The highest BCUT2D eigenvalue weighted by molar-refractivity contribution is 5.48. The fourth-order valence-corrected chi connectivity index (χ4v) is 1.56. The highest BCUT2D eigenvalue weighted by atomic mass is 16.5. The standard InChI is InChI=1S/C15H19NO2/c1-12(2)10-18-15-5-3-4-14(8-15)16-9-13-6-7-17-11-13/h3-8,11-12,16H,9-10H2,1-2H3. The Hall–Kier alpha value is -1.90. The van der Waals surface area contributed by atoms with Crippen molar-refractivity contribution in [2.24, 2.45) is 5.92 Å². The molecule has 0 saturated carbocycles. The molecule has 96 valence electrons. The van der Waals surface area contributed by atoms with Gasteiger partial charge in [0, 0.05) is 23.9 Å². The molecular formula is C15H19NO2. The van der Waals surface area contributed by atoms with Crippen molar-refractivity contribution in [1.82, 2.24) is 0 Å². The van der Waals surface area contributed by atoms with Gasteiger partial charge < -0.3 is 14.5 Å². The van der Waals surface area contributed by atoms with Crippen LogP contribution in [0.2, 0.25) is 0 Å². The molecule has 0 saturated heterocycles. The van der Waals surface area contributed by atoms with Crippen molar-refractivity contribution in [2.75, 3.05) is 11.9 Å². The molecule has 2 rings (SSSR count). The number of benzene rings is 1. The second-order valence-electron chi connectivity index (χ2n) is 4.72. The largest absolute Gasteiger partial charge is 0.493 e. The summed E-state index contributed by atoms with van der Waals surface area (Å²) in [6.45, 7) is 5.78. The van der Waals surface area contributed by atoms with Crippen LogP contribution >= 0.6 is 0 Å². The molecule has 1 aromatic carbocycles. The lowest BCUT2D eigenvalue weighted by atomic mass is 10.2. The lowest BCUT2D eigenvalue weighted by Crippen LogP contribution is -2.05. The number of anilines is 1. The number of nitrogens with one attached hydrogen (secondary N) is 1. The predicted molar refractivity (Wildman–Crippen MR) is 72.8 cm³/mol. The van der Waals surface area contributed by atoms with E-state index in [1.54, 1.807) is 12.5 Å². The van der Waals surface area contributed by atoms with E-state index in [-0.39, 0.29) is 0 Å². The van der Waals surface area contributed by atoms with Gasteiger partial charge in [-0.25, -0.2) is 0 Å². The third kappa shape index (κ3) is 3.84. The third-order valence-electron chi connectivity index (χ3n) is 2.49. The summed E-state index contributed by atoms with van der Waals surface area (Å²) < 4.78 is 10.7. The summed E-state index contributed by atoms with van der Waals surface area (Å²) in [6, 6.07) is 9.97. The number of hydrogen-bond acceptors (Lipinski definition) is 3. The maximum Gasteiger partial charge on any atom is 0.121 e. The van der Waals surface area contributed by atoms with Crippen LogP contribution in [0.5, 0.6) is 5.75 Å². The molecule has 0 unspecified atom stereocenters. The fraction of sp³-hybridized carbons (Fsp3) is 0.333. The summed E-state index contributed by atoms with van der Waals surface area (Å²) >= 11 is 0. The van der Waals surface area contributed by atoms with E-state index in [4.69, 9.17) is 9.15 Å². The Morgan fingerprint density at radius 1 is 1.28 bits per heavy atom. The van der Waals surface area contributed by atoms with Crippen LogP contribution in [-0.4, -0.2) is 6.61 Å². The van der Waals surface area contributed by atoms with Crippen molar-refractivity contribution in [3.8, 4) is 5.75 Å². The van der Waals surface area contributed by atoms with E-state index in [9.17, 15) is 0 Å². The van der Waals surface area contributed by atoms with E-state index in [0.717, 1.165) is 30.2 Å². The molecule has 0 spiro atoms.